The molecule has 0 aromatic carbocycles. The summed E-state index contributed by atoms with van der Waals surface area (Å²) in [7, 11) is -2.01. The van der Waals surface area contributed by atoms with Gasteiger partial charge in [-0.1, -0.05) is 6.08 Å². The summed E-state index contributed by atoms with van der Waals surface area (Å²) in [6.45, 7) is 9.90. The fourth-order valence-electron chi connectivity index (χ4n) is 1.52. The van der Waals surface area contributed by atoms with E-state index in [0.717, 1.165) is 18.5 Å². The molecule has 0 fully saturated rings. The third-order valence-corrected chi connectivity index (χ3v) is 5.69. The SMILES string of the molecule is C=CC[Si](CCCN)(OCC)OCC. The third-order valence-electron chi connectivity index (χ3n) is 2.03. The zero-order valence-corrected chi connectivity index (χ0v) is 10.4. The smallest absolute Gasteiger partial charge is 0.342 e. The van der Waals surface area contributed by atoms with E-state index < -0.39 is 8.56 Å². The molecule has 14 heavy (non-hydrogen) atoms. The van der Waals surface area contributed by atoms with Crippen molar-refractivity contribution in [2.45, 2.75) is 32.4 Å². The van der Waals surface area contributed by atoms with Gasteiger partial charge in [-0.15, -0.1) is 6.58 Å². The van der Waals surface area contributed by atoms with Crippen molar-refractivity contribution in [3.05, 3.63) is 12.7 Å². The van der Waals surface area contributed by atoms with E-state index in [9.17, 15) is 0 Å². The van der Waals surface area contributed by atoms with Crippen molar-refractivity contribution in [3.8, 4) is 0 Å². The molecule has 0 spiro atoms. The average Bonchev–Trinajstić information content (AvgIpc) is 2.16. The van der Waals surface area contributed by atoms with Crippen molar-refractivity contribution in [1.82, 2.24) is 0 Å². The molecule has 0 aromatic heterocycles. The number of hydrogen-bond acceptors (Lipinski definition) is 3. The predicted molar refractivity (Wildman–Crippen MR) is 62.5 cm³/mol. The highest BCUT2D eigenvalue weighted by molar-refractivity contribution is 6.67. The summed E-state index contributed by atoms with van der Waals surface area (Å²) in [5.74, 6) is 0. The Hall–Kier alpha value is -0.163. The van der Waals surface area contributed by atoms with Crippen LogP contribution >= 0.6 is 0 Å². The average molecular weight is 217 g/mol. The Balaban J connectivity index is 4.28. The molecule has 2 N–H and O–H groups in total. The molecule has 0 unspecified atom stereocenters. The van der Waals surface area contributed by atoms with Crippen LogP contribution in [0.1, 0.15) is 20.3 Å². The van der Waals surface area contributed by atoms with E-state index in [-0.39, 0.29) is 0 Å². The molecule has 84 valence electrons. The highest BCUT2D eigenvalue weighted by Gasteiger charge is 2.34. The van der Waals surface area contributed by atoms with Crippen molar-refractivity contribution < 1.29 is 8.85 Å². The second kappa shape index (κ2) is 8.17. The molecule has 0 radical (unpaired) electrons. The molecule has 0 atom stereocenters. The molecule has 4 heteroatoms. The summed E-state index contributed by atoms with van der Waals surface area (Å²) in [6, 6.07) is 1.83. The lowest BCUT2D eigenvalue weighted by Crippen LogP contribution is -2.42. The van der Waals surface area contributed by atoms with Crippen LogP contribution in [-0.2, 0) is 8.85 Å². The van der Waals surface area contributed by atoms with Gasteiger partial charge in [-0.25, -0.2) is 0 Å². The summed E-state index contributed by atoms with van der Waals surface area (Å²) in [6.07, 6.45) is 2.87. The Morgan fingerprint density at radius 2 is 1.86 bits per heavy atom. The molecular weight excluding hydrogens is 194 g/mol. The highest BCUT2D eigenvalue weighted by Crippen LogP contribution is 2.21. The van der Waals surface area contributed by atoms with Crippen molar-refractivity contribution in [2.75, 3.05) is 19.8 Å². The van der Waals surface area contributed by atoms with Crippen LogP contribution in [0.5, 0.6) is 0 Å². The Morgan fingerprint density at radius 3 is 2.21 bits per heavy atom. The zero-order chi connectivity index (χ0) is 10.9. The first-order valence-corrected chi connectivity index (χ1v) is 7.56. The molecule has 0 amide bonds. The number of rotatable bonds is 9. The maximum absolute atomic E-state index is 5.80. The fraction of sp³-hybridized carbons (Fsp3) is 0.800. The van der Waals surface area contributed by atoms with Crippen LogP contribution in [-0.4, -0.2) is 28.3 Å². The third kappa shape index (κ3) is 4.90. The summed E-state index contributed by atoms with van der Waals surface area (Å²) in [5.41, 5.74) is 5.51. The van der Waals surface area contributed by atoms with Gasteiger partial charge in [0.25, 0.3) is 0 Å². The fourth-order valence-corrected chi connectivity index (χ4v) is 4.57. The zero-order valence-electron chi connectivity index (χ0n) is 9.42. The van der Waals surface area contributed by atoms with E-state index in [4.69, 9.17) is 14.6 Å². The van der Waals surface area contributed by atoms with E-state index in [1.54, 1.807) is 0 Å². The van der Waals surface area contributed by atoms with Crippen LogP contribution < -0.4 is 5.73 Å². The first kappa shape index (κ1) is 13.8. The molecule has 0 aliphatic rings. The number of hydrogen-bond donors (Lipinski definition) is 1. The van der Waals surface area contributed by atoms with Crippen LogP contribution in [0.2, 0.25) is 12.1 Å². The topological polar surface area (TPSA) is 44.5 Å². The summed E-state index contributed by atoms with van der Waals surface area (Å²) in [4.78, 5) is 0. The molecule has 0 aromatic rings. The summed E-state index contributed by atoms with van der Waals surface area (Å²) < 4.78 is 11.6. The van der Waals surface area contributed by atoms with E-state index in [1.165, 1.54) is 0 Å². The van der Waals surface area contributed by atoms with Gasteiger partial charge in [-0.3, -0.25) is 0 Å². The largest absolute Gasteiger partial charge is 0.394 e. The van der Waals surface area contributed by atoms with Crippen molar-refractivity contribution >= 4 is 8.56 Å². The van der Waals surface area contributed by atoms with Crippen LogP contribution in [0.15, 0.2) is 12.7 Å². The van der Waals surface area contributed by atoms with Gasteiger partial charge in [0.05, 0.1) is 0 Å². The standard InChI is InChI=1S/C10H23NO2Si/c1-4-9-14(12-5-2,13-6-3)10-7-8-11/h4H,1,5-11H2,2-3H3. The van der Waals surface area contributed by atoms with Gasteiger partial charge in [0.2, 0.25) is 0 Å². The lowest BCUT2D eigenvalue weighted by atomic mass is 10.5. The van der Waals surface area contributed by atoms with Gasteiger partial charge < -0.3 is 14.6 Å². The Bertz CT molecular complexity index is 147. The van der Waals surface area contributed by atoms with Gasteiger partial charge in [0.1, 0.15) is 0 Å². The van der Waals surface area contributed by atoms with Gasteiger partial charge >= 0.3 is 8.56 Å². The van der Waals surface area contributed by atoms with Gasteiger partial charge in [-0.05, 0) is 32.9 Å². The molecule has 0 saturated heterocycles. The number of nitrogens with two attached hydrogens (primary N) is 1. The maximum Gasteiger partial charge on any atom is 0.342 e. The van der Waals surface area contributed by atoms with Crippen LogP contribution in [0.3, 0.4) is 0 Å². The monoisotopic (exact) mass is 217 g/mol. The van der Waals surface area contributed by atoms with E-state index in [0.29, 0.717) is 19.8 Å². The molecule has 0 bridgehead atoms. The Morgan fingerprint density at radius 1 is 1.29 bits per heavy atom. The van der Waals surface area contributed by atoms with Crippen molar-refractivity contribution in [2.24, 2.45) is 5.73 Å². The lowest BCUT2D eigenvalue weighted by Gasteiger charge is -2.28. The minimum atomic E-state index is -2.01. The van der Waals surface area contributed by atoms with E-state index in [1.807, 2.05) is 19.9 Å². The lowest BCUT2D eigenvalue weighted by molar-refractivity contribution is 0.184. The first-order valence-electron chi connectivity index (χ1n) is 5.33. The molecule has 0 saturated carbocycles. The quantitative estimate of drug-likeness (QED) is 0.475. The summed E-state index contributed by atoms with van der Waals surface area (Å²) in [5, 5.41) is 0. The van der Waals surface area contributed by atoms with Crippen LogP contribution in [0, 0.1) is 0 Å². The van der Waals surface area contributed by atoms with Crippen molar-refractivity contribution in [3.63, 3.8) is 0 Å². The van der Waals surface area contributed by atoms with Crippen LogP contribution in [0.25, 0.3) is 0 Å². The van der Waals surface area contributed by atoms with Gasteiger partial charge in [0.15, 0.2) is 0 Å². The molecule has 0 heterocycles. The first-order chi connectivity index (χ1) is 6.74. The minimum Gasteiger partial charge on any atom is -0.394 e. The Labute approximate surface area is 88.5 Å². The van der Waals surface area contributed by atoms with E-state index in [2.05, 4.69) is 6.58 Å². The van der Waals surface area contributed by atoms with Gasteiger partial charge in [-0.2, -0.15) is 0 Å². The van der Waals surface area contributed by atoms with Gasteiger partial charge in [0, 0.05) is 19.3 Å². The highest BCUT2D eigenvalue weighted by atomic mass is 28.4. The van der Waals surface area contributed by atoms with E-state index >= 15 is 0 Å². The number of allylic oxidation sites excluding steroid dienone is 1. The van der Waals surface area contributed by atoms with Crippen molar-refractivity contribution in [1.29, 1.82) is 0 Å². The Kier molecular flexibility index (Phi) is 8.08. The molecular formula is C10H23NO2Si. The second-order valence-electron chi connectivity index (χ2n) is 3.16. The normalized spacial score (nSPS) is 11.6. The second-order valence-corrected chi connectivity index (χ2v) is 6.47. The summed E-state index contributed by atoms with van der Waals surface area (Å²) >= 11 is 0. The molecule has 0 rings (SSSR count). The molecule has 3 nitrogen and oxygen atoms in total. The molecule has 0 aliphatic carbocycles. The van der Waals surface area contributed by atoms with Crippen LogP contribution in [0.4, 0.5) is 0 Å². The molecule has 0 aliphatic heterocycles. The maximum atomic E-state index is 5.80. The minimum absolute atomic E-state index is 0.700. The predicted octanol–water partition coefficient (Wildman–Crippen LogP) is 2.04.